The van der Waals surface area contributed by atoms with Gasteiger partial charge in [0.25, 0.3) is 5.91 Å². The molecule has 0 spiro atoms. The molecule has 2 aromatic rings. The molecule has 1 N–H and O–H groups in total. The van der Waals surface area contributed by atoms with Gasteiger partial charge in [0.05, 0.1) is 6.04 Å². The van der Waals surface area contributed by atoms with Crippen LogP contribution in [0.2, 0.25) is 0 Å². The average molecular weight is 417 g/mol. The van der Waals surface area contributed by atoms with E-state index in [1.165, 1.54) is 23.2 Å². The molecule has 29 heavy (non-hydrogen) atoms. The van der Waals surface area contributed by atoms with Gasteiger partial charge in [0.15, 0.2) is 5.76 Å². The maximum atomic E-state index is 13.0. The molecule has 1 aromatic carbocycles. The molecular weight excluding hydrogens is 388 g/mol. The molecule has 156 valence electrons. The molecule has 1 unspecified atom stereocenters. The van der Waals surface area contributed by atoms with Gasteiger partial charge in [-0.2, -0.15) is 4.31 Å². The van der Waals surface area contributed by atoms with Gasteiger partial charge in [0.1, 0.15) is 10.7 Å². The smallest absolute Gasteiger partial charge is 0.287 e. The van der Waals surface area contributed by atoms with Crippen molar-refractivity contribution in [3.05, 3.63) is 53.5 Å². The van der Waals surface area contributed by atoms with Crippen molar-refractivity contribution in [2.45, 2.75) is 56.4 Å². The van der Waals surface area contributed by atoms with Crippen LogP contribution < -0.4 is 5.32 Å². The third kappa shape index (κ3) is 4.12. The second-order valence-corrected chi connectivity index (χ2v) is 9.95. The van der Waals surface area contributed by atoms with Crippen molar-refractivity contribution >= 4 is 15.9 Å². The Morgan fingerprint density at radius 3 is 2.41 bits per heavy atom. The van der Waals surface area contributed by atoms with E-state index in [1.807, 2.05) is 30.3 Å². The number of sulfonamides is 1. The van der Waals surface area contributed by atoms with Gasteiger partial charge in [-0.1, -0.05) is 43.2 Å². The predicted octanol–water partition coefficient (Wildman–Crippen LogP) is 4.03. The fraction of sp³-hybridized carbons (Fsp3) is 0.500. The van der Waals surface area contributed by atoms with Crippen LogP contribution >= 0.6 is 0 Å². The highest BCUT2D eigenvalue weighted by molar-refractivity contribution is 7.89. The summed E-state index contributed by atoms with van der Waals surface area (Å²) in [4.78, 5) is 13.1. The van der Waals surface area contributed by atoms with Crippen LogP contribution in [0.3, 0.4) is 0 Å². The van der Waals surface area contributed by atoms with Crippen LogP contribution in [0.4, 0.5) is 0 Å². The molecule has 1 saturated heterocycles. The van der Waals surface area contributed by atoms with E-state index in [2.05, 4.69) is 5.32 Å². The summed E-state index contributed by atoms with van der Waals surface area (Å²) in [6.07, 6.45) is 6.22. The first kappa shape index (κ1) is 20.2. The molecule has 0 bridgehead atoms. The predicted molar refractivity (Wildman–Crippen MR) is 110 cm³/mol. The normalized spacial score (nSPS) is 19.5. The molecule has 2 fully saturated rings. The van der Waals surface area contributed by atoms with Crippen molar-refractivity contribution < 1.29 is 17.6 Å². The Kier molecular flexibility index (Phi) is 5.79. The Balaban J connectivity index is 1.57. The van der Waals surface area contributed by atoms with Gasteiger partial charge in [0, 0.05) is 19.2 Å². The first-order valence-electron chi connectivity index (χ1n) is 10.4. The van der Waals surface area contributed by atoms with Gasteiger partial charge in [0.2, 0.25) is 10.0 Å². The minimum atomic E-state index is -3.62. The zero-order chi connectivity index (χ0) is 20.4. The Bertz CT molecular complexity index is 956. The van der Waals surface area contributed by atoms with E-state index in [9.17, 15) is 13.2 Å². The Labute approximate surface area is 172 Å². The lowest BCUT2D eigenvalue weighted by Gasteiger charge is -2.24. The molecule has 1 saturated carbocycles. The molecule has 1 aromatic heterocycles. The van der Waals surface area contributed by atoms with Crippen molar-refractivity contribution in [1.29, 1.82) is 0 Å². The maximum Gasteiger partial charge on any atom is 0.287 e. The largest absolute Gasteiger partial charge is 0.455 e. The summed E-state index contributed by atoms with van der Waals surface area (Å²) in [6, 6.07) is 11.2. The minimum absolute atomic E-state index is 0.0548. The molecule has 7 heteroatoms. The fourth-order valence-electron chi connectivity index (χ4n) is 4.54. The van der Waals surface area contributed by atoms with Crippen molar-refractivity contribution in [2.75, 3.05) is 13.1 Å². The number of rotatable bonds is 6. The number of amides is 1. The third-order valence-electron chi connectivity index (χ3n) is 6.10. The summed E-state index contributed by atoms with van der Waals surface area (Å²) in [5.41, 5.74) is 1.07. The quantitative estimate of drug-likeness (QED) is 0.771. The molecule has 1 amide bonds. The number of benzene rings is 1. The summed E-state index contributed by atoms with van der Waals surface area (Å²) in [6.45, 7) is 2.64. The molecule has 6 nitrogen and oxygen atoms in total. The van der Waals surface area contributed by atoms with Gasteiger partial charge in [-0.15, -0.1) is 0 Å². The van der Waals surface area contributed by atoms with E-state index in [0.717, 1.165) is 31.2 Å². The van der Waals surface area contributed by atoms with Crippen LogP contribution in [0.15, 0.2) is 45.7 Å². The summed E-state index contributed by atoms with van der Waals surface area (Å²) >= 11 is 0. The Morgan fingerprint density at radius 2 is 1.76 bits per heavy atom. The van der Waals surface area contributed by atoms with Gasteiger partial charge in [-0.05, 0) is 44.1 Å². The average Bonchev–Trinajstić information content (AvgIpc) is 3.48. The Hall–Kier alpha value is -2.12. The third-order valence-corrected chi connectivity index (χ3v) is 8.10. The topological polar surface area (TPSA) is 79.6 Å². The summed E-state index contributed by atoms with van der Waals surface area (Å²) in [5.74, 6) is 0.334. The fourth-order valence-corrected chi connectivity index (χ4v) is 6.22. The lowest BCUT2D eigenvalue weighted by molar-refractivity contribution is 0.0892. The van der Waals surface area contributed by atoms with Crippen molar-refractivity contribution in [1.82, 2.24) is 9.62 Å². The van der Waals surface area contributed by atoms with Gasteiger partial charge in [-0.3, -0.25) is 4.79 Å². The van der Waals surface area contributed by atoms with Crippen LogP contribution in [0.5, 0.6) is 0 Å². The maximum absolute atomic E-state index is 13.0. The van der Waals surface area contributed by atoms with Crippen molar-refractivity contribution in [2.24, 2.45) is 5.92 Å². The van der Waals surface area contributed by atoms with Gasteiger partial charge in [-0.25, -0.2) is 8.42 Å². The van der Waals surface area contributed by atoms with E-state index in [-0.39, 0.29) is 28.4 Å². The molecule has 2 aliphatic rings. The molecule has 1 atom stereocenters. The van der Waals surface area contributed by atoms with Gasteiger partial charge >= 0.3 is 0 Å². The highest BCUT2D eigenvalue weighted by Gasteiger charge is 2.33. The zero-order valence-electron chi connectivity index (χ0n) is 16.8. The highest BCUT2D eigenvalue weighted by atomic mass is 32.2. The van der Waals surface area contributed by atoms with Crippen LogP contribution in [0.1, 0.15) is 66.4 Å². The van der Waals surface area contributed by atoms with Crippen LogP contribution in [0.25, 0.3) is 0 Å². The molecular formula is C22H28N2O4S. The van der Waals surface area contributed by atoms with E-state index in [0.29, 0.717) is 19.0 Å². The summed E-state index contributed by atoms with van der Waals surface area (Å²) in [7, 11) is -3.62. The number of furan rings is 1. The van der Waals surface area contributed by atoms with E-state index < -0.39 is 10.0 Å². The lowest BCUT2D eigenvalue weighted by Crippen LogP contribution is -2.32. The number of nitrogens with one attached hydrogen (secondary N) is 1. The van der Waals surface area contributed by atoms with Crippen molar-refractivity contribution in [3.63, 3.8) is 0 Å². The first-order chi connectivity index (χ1) is 14.0. The second kappa shape index (κ2) is 8.32. The molecule has 0 radical (unpaired) electrons. The van der Waals surface area contributed by atoms with Gasteiger partial charge < -0.3 is 9.73 Å². The summed E-state index contributed by atoms with van der Waals surface area (Å²) in [5, 5.41) is 3.11. The molecule has 4 rings (SSSR count). The molecule has 2 heterocycles. The molecule has 1 aliphatic carbocycles. The second-order valence-electron chi connectivity index (χ2n) is 8.05. The minimum Gasteiger partial charge on any atom is -0.455 e. The number of carbonyl (C=O) groups excluding carboxylic acids is 1. The van der Waals surface area contributed by atoms with E-state index in [1.54, 1.807) is 6.92 Å². The summed E-state index contributed by atoms with van der Waals surface area (Å²) < 4.78 is 32.8. The number of aryl methyl sites for hydroxylation is 1. The Morgan fingerprint density at radius 1 is 1.10 bits per heavy atom. The first-order valence-corrected chi connectivity index (χ1v) is 11.9. The van der Waals surface area contributed by atoms with E-state index in [4.69, 9.17) is 4.42 Å². The zero-order valence-corrected chi connectivity index (χ0v) is 17.6. The SMILES string of the molecule is Cc1oc(C(=O)NC(c2ccccc2)C2CCCC2)cc1S(=O)(=O)N1CCCC1. The van der Waals surface area contributed by atoms with Crippen LogP contribution in [-0.4, -0.2) is 31.7 Å². The van der Waals surface area contributed by atoms with Crippen molar-refractivity contribution in [3.8, 4) is 0 Å². The number of nitrogens with zero attached hydrogens (tertiary/aromatic N) is 1. The van der Waals surface area contributed by atoms with E-state index >= 15 is 0 Å². The standard InChI is InChI=1S/C22H28N2O4S/c1-16-20(29(26,27)24-13-7-8-14-24)15-19(28-16)22(25)23-21(18-11-5-6-12-18)17-9-3-2-4-10-17/h2-4,9-10,15,18,21H,5-8,11-14H2,1H3,(H,23,25). The number of carbonyl (C=O) groups is 1. The monoisotopic (exact) mass is 416 g/mol. The lowest BCUT2D eigenvalue weighted by atomic mass is 9.91. The highest BCUT2D eigenvalue weighted by Crippen LogP contribution is 2.36. The number of hydrogen-bond acceptors (Lipinski definition) is 4. The number of hydrogen-bond donors (Lipinski definition) is 1. The van der Waals surface area contributed by atoms with Crippen LogP contribution in [0, 0.1) is 12.8 Å². The van der Waals surface area contributed by atoms with Crippen LogP contribution in [-0.2, 0) is 10.0 Å². The molecule has 1 aliphatic heterocycles.